The van der Waals surface area contributed by atoms with Crippen LogP contribution in [0.1, 0.15) is 41.0 Å². The quantitative estimate of drug-likeness (QED) is 0.378. The molecule has 0 fully saturated rings. The highest BCUT2D eigenvalue weighted by atomic mass is 16.5. The van der Waals surface area contributed by atoms with Crippen LogP contribution in [0.3, 0.4) is 0 Å². The molecule has 1 aliphatic rings. The van der Waals surface area contributed by atoms with Crippen LogP contribution in [-0.4, -0.2) is 40.5 Å². The van der Waals surface area contributed by atoms with E-state index in [-0.39, 0.29) is 25.5 Å². The Labute approximate surface area is 197 Å². The first-order valence-electron chi connectivity index (χ1n) is 11.3. The number of hydrogen-bond donors (Lipinski definition) is 3. The van der Waals surface area contributed by atoms with Crippen molar-refractivity contribution in [2.75, 3.05) is 13.2 Å². The maximum absolute atomic E-state index is 12.3. The van der Waals surface area contributed by atoms with E-state index < -0.39 is 18.3 Å². The third kappa shape index (κ3) is 4.27. The van der Waals surface area contributed by atoms with E-state index in [1.165, 1.54) is 11.1 Å². The number of rotatable bonds is 7. The number of carbonyl (C=O) groups is 1. The van der Waals surface area contributed by atoms with Crippen LogP contribution >= 0.6 is 0 Å². The topological polar surface area (TPSA) is 105 Å². The van der Waals surface area contributed by atoms with Crippen LogP contribution in [0.5, 0.6) is 0 Å². The van der Waals surface area contributed by atoms with Crippen LogP contribution in [0.2, 0.25) is 0 Å². The Morgan fingerprint density at radius 1 is 1.06 bits per heavy atom. The summed E-state index contributed by atoms with van der Waals surface area (Å²) in [5.74, 6) is 0.523. The standard InChI is InChI=1S/C27H26N2O5/c1-16-29-23-11-10-17(14-25(23)34-16)26(31)24(30)12-13-28-27(32)33-15-22-20-8-4-2-6-18(20)19-7-3-5-9-21(19)22/h2-11,14,22,24,26,30-31H,12-13,15H2,1H3,(H,28,32). The van der Waals surface area contributed by atoms with Crippen molar-refractivity contribution in [3.05, 3.63) is 89.3 Å². The number of oxazole rings is 1. The summed E-state index contributed by atoms with van der Waals surface area (Å²) in [6.45, 7) is 2.14. The smallest absolute Gasteiger partial charge is 0.407 e. The fourth-order valence-corrected chi connectivity index (χ4v) is 4.59. The molecule has 1 amide bonds. The van der Waals surface area contributed by atoms with Gasteiger partial charge in [0, 0.05) is 19.4 Å². The fourth-order valence-electron chi connectivity index (χ4n) is 4.59. The van der Waals surface area contributed by atoms with Crippen molar-refractivity contribution < 1.29 is 24.2 Å². The predicted octanol–water partition coefficient (Wildman–Crippen LogP) is 4.46. The Balaban J connectivity index is 1.13. The molecular formula is C27H26N2O5. The molecular weight excluding hydrogens is 432 g/mol. The van der Waals surface area contributed by atoms with Gasteiger partial charge in [-0.25, -0.2) is 9.78 Å². The van der Waals surface area contributed by atoms with Crippen LogP contribution < -0.4 is 5.32 Å². The lowest BCUT2D eigenvalue weighted by Gasteiger charge is -2.18. The van der Waals surface area contributed by atoms with E-state index >= 15 is 0 Å². The first-order valence-corrected chi connectivity index (χ1v) is 11.3. The van der Waals surface area contributed by atoms with Crippen LogP contribution in [-0.2, 0) is 4.74 Å². The van der Waals surface area contributed by atoms with E-state index in [9.17, 15) is 15.0 Å². The van der Waals surface area contributed by atoms with E-state index in [1.54, 1.807) is 25.1 Å². The number of aliphatic hydroxyl groups is 2. The van der Waals surface area contributed by atoms with Gasteiger partial charge in [-0.05, 0) is 46.4 Å². The molecule has 1 aliphatic carbocycles. The summed E-state index contributed by atoms with van der Waals surface area (Å²) in [4.78, 5) is 16.5. The van der Waals surface area contributed by atoms with Gasteiger partial charge in [-0.3, -0.25) is 0 Å². The van der Waals surface area contributed by atoms with Crippen molar-refractivity contribution >= 4 is 17.2 Å². The first-order chi connectivity index (χ1) is 16.5. The molecule has 0 saturated heterocycles. The molecule has 3 aromatic carbocycles. The first kappa shape index (κ1) is 22.1. The SMILES string of the molecule is Cc1nc2ccc(C(O)C(O)CCNC(=O)OCC3c4ccccc4-c4ccccc43)cc2o1. The summed E-state index contributed by atoms with van der Waals surface area (Å²) < 4.78 is 11.0. The summed E-state index contributed by atoms with van der Waals surface area (Å²) in [7, 11) is 0. The molecule has 0 aliphatic heterocycles. The van der Waals surface area contributed by atoms with Crippen LogP contribution in [0.15, 0.2) is 71.1 Å². The van der Waals surface area contributed by atoms with Gasteiger partial charge in [0.15, 0.2) is 11.5 Å². The number of aliphatic hydroxyl groups excluding tert-OH is 2. The summed E-state index contributed by atoms with van der Waals surface area (Å²) in [5.41, 5.74) is 6.41. The molecule has 4 aromatic rings. The summed E-state index contributed by atoms with van der Waals surface area (Å²) in [6, 6.07) is 21.4. The molecule has 2 unspecified atom stereocenters. The molecule has 0 bridgehead atoms. The minimum atomic E-state index is -1.11. The van der Waals surface area contributed by atoms with Gasteiger partial charge in [0.05, 0.1) is 6.10 Å². The van der Waals surface area contributed by atoms with Gasteiger partial charge in [0.1, 0.15) is 18.2 Å². The highest BCUT2D eigenvalue weighted by molar-refractivity contribution is 5.79. The van der Waals surface area contributed by atoms with Gasteiger partial charge in [-0.1, -0.05) is 54.6 Å². The second kappa shape index (κ2) is 9.29. The Morgan fingerprint density at radius 3 is 2.44 bits per heavy atom. The van der Waals surface area contributed by atoms with Crippen molar-refractivity contribution in [1.29, 1.82) is 0 Å². The molecule has 174 valence electrons. The molecule has 5 rings (SSSR count). The number of nitrogens with one attached hydrogen (secondary N) is 1. The number of amides is 1. The molecule has 0 saturated carbocycles. The zero-order valence-corrected chi connectivity index (χ0v) is 18.8. The Kier molecular flexibility index (Phi) is 6.04. The molecule has 7 heteroatoms. The fraction of sp³-hybridized carbons (Fsp3) is 0.259. The maximum atomic E-state index is 12.3. The van der Waals surface area contributed by atoms with E-state index in [0.29, 0.717) is 22.6 Å². The number of ether oxygens (including phenoxy) is 1. The number of alkyl carbamates (subject to hydrolysis) is 1. The van der Waals surface area contributed by atoms with Crippen LogP contribution in [0.4, 0.5) is 4.79 Å². The zero-order chi connectivity index (χ0) is 23.7. The average Bonchev–Trinajstić information content (AvgIpc) is 3.38. The minimum absolute atomic E-state index is 0.0137. The number of hydrogen-bond acceptors (Lipinski definition) is 6. The summed E-state index contributed by atoms with van der Waals surface area (Å²) in [5, 5.41) is 23.6. The normalized spacial score (nSPS) is 14.4. The van der Waals surface area contributed by atoms with Gasteiger partial charge in [-0.2, -0.15) is 0 Å². The Morgan fingerprint density at radius 2 is 1.74 bits per heavy atom. The number of benzene rings is 3. The van der Waals surface area contributed by atoms with E-state index in [1.807, 2.05) is 24.3 Å². The molecule has 2 atom stereocenters. The van der Waals surface area contributed by atoms with Crippen LogP contribution in [0.25, 0.3) is 22.2 Å². The lowest BCUT2D eigenvalue weighted by atomic mass is 9.98. The lowest BCUT2D eigenvalue weighted by Crippen LogP contribution is -2.30. The Bertz CT molecular complexity index is 1290. The van der Waals surface area contributed by atoms with Gasteiger partial charge < -0.3 is 24.7 Å². The van der Waals surface area contributed by atoms with Gasteiger partial charge in [0.25, 0.3) is 0 Å². The monoisotopic (exact) mass is 458 g/mol. The minimum Gasteiger partial charge on any atom is -0.449 e. The molecule has 1 heterocycles. The molecule has 0 radical (unpaired) electrons. The summed E-state index contributed by atoms with van der Waals surface area (Å²) >= 11 is 0. The molecule has 1 aromatic heterocycles. The second-order valence-corrected chi connectivity index (χ2v) is 8.51. The number of nitrogens with zero attached hydrogens (tertiary/aromatic N) is 1. The van der Waals surface area contributed by atoms with E-state index in [0.717, 1.165) is 11.1 Å². The molecule has 0 spiro atoms. The number of carbonyl (C=O) groups excluding carboxylic acids is 1. The highest BCUT2D eigenvalue weighted by Gasteiger charge is 2.29. The predicted molar refractivity (Wildman–Crippen MR) is 127 cm³/mol. The highest BCUT2D eigenvalue weighted by Crippen LogP contribution is 2.44. The largest absolute Gasteiger partial charge is 0.449 e. The average molecular weight is 459 g/mol. The lowest BCUT2D eigenvalue weighted by molar-refractivity contribution is 0.0137. The third-order valence-corrected chi connectivity index (χ3v) is 6.28. The molecule has 34 heavy (non-hydrogen) atoms. The molecule has 3 N–H and O–H groups in total. The number of aryl methyl sites for hydroxylation is 1. The number of aromatic nitrogens is 1. The van der Waals surface area contributed by atoms with Gasteiger partial charge in [-0.15, -0.1) is 0 Å². The van der Waals surface area contributed by atoms with Crippen molar-refractivity contribution in [2.45, 2.75) is 31.5 Å². The second-order valence-electron chi connectivity index (χ2n) is 8.51. The molecule has 7 nitrogen and oxygen atoms in total. The summed E-state index contributed by atoms with van der Waals surface area (Å²) in [6.07, 6.45) is -2.56. The van der Waals surface area contributed by atoms with Crippen molar-refractivity contribution in [1.82, 2.24) is 10.3 Å². The van der Waals surface area contributed by atoms with E-state index in [4.69, 9.17) is 9.15 Å². The zero-order valence-electron chi connectivity index (χ0n) is 18.8. The Hall–Kier alpha value is -3.68. The van der Waals surface area contributed by atoms with Gasteiger partial charge in [0.2, 0.25) is 0 Å². The van der Waals surface area contributed by atoms with Crippen LogP contribution in [0, 0.1) is 6.92 Å². The van der Waals surface area contributed by atoms with Crippen molar-refractivity contribution in [3.8, 4) is 11.1 Å². The van der Waals surface area contributed by atoms with Crippen molar-refractivity contribution in [2.24, 2.45) is 0 Å². The van der Waals surface area contributed by atoms with Gasteiger partial charge >= 0.3 is 6.09 Å². The number of fused-ring (bicyclic) bond motifs is 4. The van der Waals surface area contributed by atoms with Crippen molar-refractivity contribution in [3.63, 3.8) is 0 Å². The van der Waals surface area contributed by atoms with E-state index in [2.05, 4.69) is 34.6 Å². The third-order valence-electron chi connectivity index (χ3n) is 6.28. The maximum Gasteiger partial charge on any atom is 0.407 e.